The lowest BCUT2D eigenvalue weighted by atomic mass is 9.97. The zero-order chi connectivity index (χ0) is 17.5. The molecule has 0 bridgehead atoms. The predicted octanol–water partition coefficient (Wildman–Crippen LogP) is 1.28. The van der Waals surface area contributed by atoms with Gasteiger partial charge in [-0.1, -0.05) is 32.0 Å². The number of anilines is 1. The number of hydrogen-bond donors (Lipinski definition) is 2. The third kappa shape index (κ3) is 4.55. The molecule has 0 saturated carbocycles. The van der Waals surface area contributed by atoms with Crippen LogP contribution in [0, 0.1) is 0 Å². The molecule has 2 rings (SSSR count). The Morgan fingerprint density at radius 1 is 1.21 bits per heavy atom. The van der Waals surface area contributed by atoms with Crippen LogP contribution in [0.5, 0.6) is 0 Å². The SMILES string of the molecule is CCC(C)c1ccccc1NC(=O)C(=O)N1CCN(CCO)CC1. The average Bonchev–Trinajstić information content (AvgIpc) is 2.62. The summed E-state index contributed by atoms with van der Waals surface area (Å²) in [6.07, 6.45) is 0.966. The highest BCUT2D eigenvalue weighted by atomic mass is 16.3. The lowest BCUT2D eigenvalue weighted by Crippen LogP contribution is -2.52. The van der Waals surface area contributed by atoms with Crippen LogP contribution in [0.15, 0.2) is 24.3 Å². The Bertz CT molecular complexity index is 568. The minimum Gasteiger partial charge on any atom is -0.395 e. The first kappa shape index (κ1) is 18.4. The van der Waals surface area contributed by atoms with Crippen molar-refractivity contribution in [3.8, 4) is 0 Å². The van der Waals surface area contributed by atoms with Crippen LogP contribution in [0.25, 0.3) is 0 Å². The van der Waals surface area contributed by atoms with E-state index < -0.39 is 11.8 Å². The molecule has 1 aromatic carbocycles. The maximum Gasteiger partial charge on any atom is 0.313 e. The molecule has 0 aliphatic carbocycles. The van der Waals surface area contributed by atoms with E-state index >= 15 is 0 Å². The summed E-state index contributed by atoms with van der Waals surface area (Å²) in [7, 11) is 0. The van der Waals surface area contributed by atoms with Crippen LogP contribution in [-0.2, 0) is 9.59 Å². The molecule has 132 valence electrons. The first-order chi connectivity index (χ1) is 11.6. The van der Waals surface area contributed by atoms with Crippen LogP contribution >= 0.6 is 0 Å². The molecule has 2 N–H and O–H groups in total. The van der Waals surface area contributed by atoms with Crippen molar-refractivity contribution in [3.63, 3.8) is 0 Å². The van der Waals surface area contributed by atoms with Gasteiger partial charge < -0.3 is 15.3 Å². The Morgan fingerprint density at radius 2 is 1.88 bits per heavy atom. The Morgan fingerprint density at radius 3 is 2.50 bits per heavy atom. The van der Waals surface area contributed by atoms with Crippen molar-refractivity contribution in [1.82, 2.24) is 9.80 Å². The fraction of sp³-hybridized carbons (Fsp3) is 0.556. The number of nitrogens with one attached hydrogen (secondary N) is 1. The van der Waals surface area contributed by atoms with E-state index in [1.807, 2.05) is 24.3 Å². The highest BCUT2D eigenvalue weighted by molar-refractivity contribution is 6.39. The summed E-state index contributed by atoms with van der Waals surface area (Å²) in [4.78, 5) is 28.4. The number of nitrogens with zero attached hydrogens (tertiary/aromatic N) is 2. The van der Waals surface area contributed by atoms with E-state index in [4.69, 9.17) is 5.11 Å². The van der Waals surface area contributed by atoms with Crippen LogP contribution in [0.2, 0.25) is 0 Å². The van der Waals surface area contributed by atoms with Crippen LogP contribution in [0.4, 0.5) is 5.69 Å². The number of rotatable bonds is 5. The maximum absolute atomic E-state index is 12.4. The van der Waals surface area contributed by atoms with E-state index in [1.165, 1.54) is 0 Å². The molecule has 1 aliphatic rings. The third-order valence-corrected chi connectivity index (χ3v) is 4.62. The Labute approximate surface area is 143 Å². The number of carbonyl (C=O) groups is 2. The Kier molecular flexibility index (Phi) is 6.75. The van der Waals surface area contributed by atoms with Crippen molar-refractivity contribution in [3.05, 3.63) is 29.8 Å². The summed E-state index contributed by atoms with van der Waals surface area (Å²) >= 11 is 0. The van der Waals surface area contributed by atoms with Crippen molar-refractivity contribution in [2.24, 2.45) is 0 Å². The molecule has 1 fully saturated rings. The molecule has 24 heavy (non-hydrogen) atoms. The quantitative estimate of drug-likeness (QED) is 0.796. The highest BCUT2D eigenvalue weighted by Crippen LogP contribution is 2.26. The molecule has 1 heterocycles. The van der Waals surface area contributed by atoms with Gasteiger partial charge in [-0.15, -0.1) is 0 Å². The number of aliphatic hydroxyl groups is 1. The van der Waals surface area contributed by atoms with Gasteiger partial charge in [0.2, 0.25) is 0 Å². The van der Waals surface area contributed by atoms with Crippen molar-refractivity contribution in [1.29, 1.82) is 0 Å². The molecule has 1 unspecified atom stereocenters. The average molecular weight is 333 g/mol. The molecule has 6 nitrogen and oxygen atoms in total. The van der Waals surface area contributed by atoms with Crippen LogP contribution in [0.1, 0.15) is 31.7 Å². The van der Waals surface area contributed by atoms with Gasteiger partial charge in [0, 0.05) is 38.4 Å². The zero-order valence-corrected chi connectivity index (χ0v) is 14.5. The molecular weight excluding hydrogens is 306 g/mol. The van der Waals surface area contributed by atoms with E-state index in [0.29, 0.717) is 44.3 Å². The van der Waals surface area contributed by atoms with Crippen LogP contribution < -0.4 is 5.32 Å². The molecule has 0 spiro atoms. The van der Waals surface area contributed by atoms with Crippen molar-refractivity contribution < 1.29 is 14.7 Å². The summed E-state index contributed by atoms with van der Waals surface area (Å²) in [5.41, 5.74) is 1.76. The zero-order valence-electron chi connectivity index (χ0n) is 14.5. The second-order valence-corrected chi connectivity index (χ2v) is 6.21. The molecule has 0 aromatic heterocycles. The molecule has 1 aliphatic heterocycles. The number of para-hydroxylation sites is 1. The molecule has 2 amide bonds. The minimum atomic E-state index is -0.582. The van der Waals surface area contributed by atoms with E-state index in [-0.39, 0.29) is 6.61 Å². The summed E-state index contributed by atoms with van der Waals surface area (Å²) < 4.78 is 0. The van der Waals surface area contributed by atoms with Gasteiger partial charge in [0.25, 0.3) is 0 Å². The van der Waals surface area contributed by atoms with E-state index in [0.717, 1.165) is 12.0 Å². The van der Waals surface area contributed by atoms with E-state index in [9.17, 15) is 9.59 Å². The van der Waals surface area contributed by atoms with Gasteiger partial charge in [0.15, 0.2) is 0 Å². The van der Waals surface area contributed by atoms with Gasteiger partial charge in [-0.25, -0.2) is 0 Å². The number of aliphatic hydroxyl groups excluding tert-OH is 1. The number of piperazine rings is 1. The van der Waals surface area contributed by atoms with Gasteiger partial charge in [-0.3, -0.25) is 14.5 Å². The smallest absolute Gasteiger partial charge is 0.313 e. The molecule has 0 radical (unpaired) electrons. The Balaban J connectivity index is 1.97. The van der Waals surface area contributed by atoms with Crippen LogP contribution in [0.3, 0.4) is 0 Å². The molecule has 1 aromatic rings. The predicted molar refractivity (Wildman–Crippen MR) is 93.9 cm³/mol. The fourth-order valence-corrected chi connectivity index (χ4v) is 2.90. The summed E-state index contributed by atoms with van der Waals surface area (Å²) in [5, 5.41) is 11.7. The topological polar surface area (TPSA) is 72.9 Å². The minimum absolute atomic E-state index is 0.112. The fourth-order valence-electron chi connectivity index (χ4n) is 2.90. The lowest BCUT2D eigenvalue weighted by Gasteiger charge is -2.33. The van der Waals surface area contributed by atoms with Gasteiger partial charge in [0.05, 0.1) is 6.61 Å². The largest absolute Gasteiger partial charge is 0.395 e. The van der Waals surface area contributed by atoms with Crippen LogP contribution in [-0.4, -0.2) is 66.1 Å². The monoisotopic (exact) mass is 333 g/mol. The normalized spacial score (nSPS) is 16.7. The second-order valence-electron chi connectivity index (χ2n) is 6.21. The first-order valence-electron chi connectivity index (χ1n) is 8.59. The number of β-amino-alcohol motifs (C(OH)–C–C–N with tert-alkyl or cyclic N) is 1. The van der Waals surface area contributed by atoms with E-state index in [1.54, 1.807) is 4.90 Å². The standard InChI is InChI=1S/C18H27N3O3/c1-3-14(2)15-6-4-5-7-16(15)19-17(23)18(24)21-10-8-20(9-11-21)12-13-22/h4-7,14,22H,3,8-13H2,1-2H3,(H,19,23). The number of benzene rings is 1. The highest BCUT2D eigenvalue weighted by Gasteiger charge is 2.26. The molecular formula is C18H27N3O3. The first-order valence-corrected chi connectivity index (χ1v) is 8.59. The van der Waals surface area contributed by atoms with Crippen molar-refractivity contribution >= 4 is 17.5 Å². The van der Waals surface area contributed by atoms with Gasteiger partial charge >= 0.3 is 11.8 Å². The molecule has 6 heteroatoms. The maximum atomic E-state index is 12.4. The van der Waals surface area contributed by atoms with Crippen molar-refractivity contribution in [2.75, 3.05) is 44.6 Å². The summed E-state index contributed by atoms with van der Waals surface area (Å²) in [6, 6.07) is 7.63. The summed E-state index contributed by atoms with van der Waals surface area (Å²) in [5.74, 6) is -0.752. The second kappa shape index (κ2) is 8.80. The summed E-state index contributed by atoms with van der Waals surface area (Å²) in [6.45, 7) is 7.31. The lowest BCUT2D eigenvalue weighted by molar-refractivity contribution is -0.144. The van der Waals surface area contributed by atoms with E-state index in [2.05, 4.69) is 24.1 Å². The third-order valence-electron chi connectivity index (χ3n) is 4.62. The number of carbonyl (C=O) groups excluding carboxylic acids is 2. The Hall–Kier alpha value is -1.92. The van der Waals surface area contributed by atoms with Gasteiger partial charge in [0.1, 0.15) is 0 Å². The molecule has 1 saturated heterocycles. The number of amides is 2. The number of hydrogen-bond acceptors (Lipinski definition) is 4. The molecule has 1 atom stereocenters. The van der Waals surface area contributed by atoms with Gasteiger partial charge in [-0.2, -0.15) is 0 Å². The van der Waals surface area contributed by atoms with Crippen molar-refractivity contribution in [2.45, 2.75) is 26.2 Å². The van der Waals surface area contributed by atoms with Gasteiger partial charge in [-0.05, 0) is 24.0 Å².